The van der Waals surface area contributed by atoms with Crippen molar-refractivity contribution in [3.05, 3.63) is 35.4 Å². The van der Waals surface area contributed by atoms with Crippen LogP contribution in [0.1, 0.15) is 24.0 Å². The average Bonchev–Trinajstić information content (AvgIpc) is 3.24. The molecular formula is C16H26N4. The van der Waals surface area contributed by atoms with Gasteiger partial charge in [-0.3, -0.25) is 4.99 Å². The lowest BCUT2D eigenvalue weighted by Crippen LogP contribution is -2.37. The van der Waals surface area contributed by atoms with Crippen LogP contribution in [-0.4, -0.2) is 38.5 Å². The zero-order valence-electron chi connectivity index (χ0n) is 12.8. The standard InChI is InChI=1S/C16H26N4/c1-17-16(18-10-13-4-5-13)19-11-14-6-8-15(9-7-14)12-20(2)3/h6-9,13H,4-5,10-12H2,1-3H3,(H2,17,18,19). The van der Waals surface area contributed by atoms with E-state index >= 15 is 0 Å². The van der Waals surface area contributed by atoms with Gasteiger partial charge in [-0.2, -0.15) is 0 Å². The number of aliphatic imine (C=N–C) groups is 1. The first-order valence-electron chi connectivity index (χ1n) is 7.34. The molecule has 4 heteroatoms. The number of guanidine groups is 1. The van der Waals surface area contributed by atoms with E-state index in [1.54, 1.807) is 0 Å². The van der Waals surface area contributed by atoms with Crippen LogP contribution in [0.15, 0.2) is 29.3 Å². The quantitative estimate of drug-likeness (QED) is 0.614. The van der Waals surface area contributed by atoms with Gasteiger partial charge in [-0.15, -0.1) is 0 Å². The van der Waals surface area contributed by atoms with E-state index in [4.69, 9.17) is 0 Å². The van der Waals surface area contributed by atoms with Gasteiger partial charge in [0.15, 0.2) is 5.96 Å². The molecule has 0 aromatic heterocycles. The molecule has 0 heterocycles. The summed E-state index contributed by atoms with van der Waals surface area (Å²) < 4.78 is 0. The summed E-state index contributed by atoms with van der Waals surface area (Å²) in [4.78, 5) is 6.43. The predicted octanol–water partition coefficient (Wildman–Crippen LogP) is 1.82. The van der Waals surface area contributed by atoms with Crippen molar-refractivity contribution in [3.63, 3.8) is 0 Å². The molecule has 0 saturated heterocycles. The Morgan fingerprint density at radius 1 is 1.15 bits per heavy atom. The van der Waals surface area contributed by atoms with Crippen molar-refractivity contribution in [2.75, 3.05) is 27.7 Å². The molecule has 0 aliphatic heterocycles. The van der Waals surface area contributed by atoms with Gasteiger partial charge in [0.25, 0.3) is 0 Å². The van der Waals surface area contributed by atoms with Gasteiger partial charge in [-0.05, 0) is 44.0 Å². The van der Waals surface area contributed by atoms with Crippen LogP contribution >= 0.6 is 0 Å². The molecule has 0 bridgehead atoms. The smallest absolute Gasteiger partial charge is 0.191 e. The van der Waals surface area contributed by atoms with Gasteiger partial charge in [0.1, 0.15) is 0 Å². The fourth-order valence-corrected chi connectivity index (χ4v) is 2.10. The molecule has 2 rings (SSSR count). The minimum Gasteiger partial charge on any atom is -0.356 e. The first kappa shape index (κ1) is 14.9. The second kappa shape index (κ2) is 7.29. The summed E-state index contributed by atoms with van der Waals surface area (Å²) in [6.45, 7) is 2.84. The normalized spacial score (nSPS) is 15.5. The van der Waals surface area contributed by atoms with Gasteiger partial charge in [0.2, 0.25) is 0 Å². The van der Waals surface area contributed by atoms with Gasteiger partial charge in [-0.1, -0.05) is 24.3 Å². The molecule has 1 aliphatic rings. The Kier molecular flexibility index (Phi) is 5.41. The molecule has 20 heavy (non-hydrogen) atoms. The highest BCUT2D eigenvalue weighted by atomic mass is 15.2. The molecule has 0 radical (unpaired) electrons. The highest BCUT2D eigenvalue weighted by molar-refractivity contribution is 5.79. The SMILES string of the molecule is CN=C(NCc1ccc(CN(C)C)cc1)NCC1CC1. The highest BCUT2D eigenvalue weighted by Crippen LogP contribution is 2.27. The second-order valence-electron chi connectivity index (χ2n) is 5.80. The Hall–Kier alpha value is -1.55. The summed E-state index contributed by atoms with van der Waals surface area (Å²) in [7, 11) is 6.00. The van der Waals surface area contributed by atoms with Crippen LogP contribution in [-0.2, 0) is 13.1 Å². The molecule has 110 valence electrons. The first-order chi connectivity index (χ1) is 9.67. The van der Waals surface area contributed by atoms with Crippen LogP contribution in [0.4, 0.5) is 0 Å². The average molecular weight is 274 g/mol. The Bertz CT molecular complexity index is 432. The zero-order chi connectivity index (χ0) is 14.4. The van der Waals surface area contributed by atoms with Gasteiger partial charge in [-0.25, -0.2) is 0 Å². The summed E-state index contributed by atoms with van der Waals surface area (Å²) in [5.74, 6) is 1.76. The van der Waals surface area contributed by atoms with Crippen LogP contribution in [0, 0.1) is 5.92 Å². The molecule has 1 fully saturated rings. The van der Waals surface area contributed by atoms with E-state index in [1.807, 2.05) is 7.05 Å². The Balaban J connectivity index is 1.76. The Morgan fingerprint density at radius 3 is 2.35 bits per heavy atom. The molecular weight excluding hydrogens is 248 g/mol. The first-order valence-corrected chi connectivity index (χ1v) is 7.34. The lowest BCUT2D eigenvalue weighted by Gasteiger charge is -2.13. The van der Waals surface area contributed by atoms with E-state index < -0.39 is 0 Å². The maximum Gasteiger partial charge on any atom is 0.191 e. The number of hydrogen-bond acceptors (Lipinski definition) is 2. The summed E-state index contributed by atoms with van der Waals surface area (Å²) in [6.07, 6.45) is 2.72. The minimum atomic E-state index is 0.812. The lowest BCUT2D eigenvalue weighted by molar-refractivity contribution is 0.402. The third-order valence-corrected chi connectivity index (χ3v) is 3.46. The Morgan fingerprint density at radius 2 is 1.80 bits per heavy atom. The lowest BCUT2D eigenvalue weighted by atomic mass is 10.1. The van der Waals surface area contributed by atoms with Crippen molar-refractivity contribution in [2.24, 2.45) is 10.9 Å². The van der Waals surface area contributed by atoms with Gasteiger partial charge >= 0.3 is 0 Å². The van der Waals surface area contributed by atoms with Crippen molar-refractivity contribution in [1.82, 2.24) is 15.5 Å². The van der Waals surface area contributed by atoms with E-state index in [9.17, 15) is 0 Å². The van der Waals surface area contributed by atoms with Gasteiger partial charge in [0.05, 0.1) is 0 Å². The van der Waals surface area contributed by atoms with Crippen molar-refractivity contribution >= 4 is 5.96 Å². The summed E-state index contributed by atoms with van der Waals surface area (Å²) in [5.41, 5.74) is 2.62. The van der Waals surface area contributed by atoms with E-state index in [-0.39, 0.29) is 0 Å². The van der Waals surface area contributed by atoms with E-state index in [2.05, 4.69) is 58.9 Å². The van der Waals surface area contributed by atoms with Crippen molar-refractivity contribution in [3.8, 4) is 0 Å². The van der Waals surface area contributed by atoms with E-state index in [1.165, 1.54) is 24.0 Å². The zero-order valence-corrected chi connectivity index (χ0v) is 12.8. The molecule has 0 amide bonds. The molecule has 1 aromatic carbocycles. The Labute approximate surface area is 122 Å². The maximum absolute atomic E-state index is 4.25. The van der Waals surface area contributed by atoms with Crippen LogP contribution < -0.4 is 10.6 Å². The monoisotopic (exact) mass is 274 g/mol. The van der Waals surface area contributed by atoms with Crippen molar-refractivity contribution < 1.29 is 0 Å². The van der Waals surface area contributed by atoms with Crippen molar-refractivity contribution in [1.29, 1.82) is 0 Å². The summed E-state index contributed by atoms with van der Waals surface area (Å²) >= 11 is 0. The molecule has 1 aliphatic carbocycles. The van der Waals surface area contributed by atoms with Gasteiger partial charge < -0.3 is 15.5 Å². The van der Waals surface area contributed by atoms with Gasteiger partial charge in [0, 0.05) is 26.7 Å². The van der Waals surface area contributed by atoms with Crippen LogP contribution in [0.2, 0.25) is 0 Å². The molecule has 0 spiro atoms. The third-order valence-electron chi connectivity index (χ3n) is 3.46. The molecule has 1 aromatic rings. The fraction of sp³-hybridized carbons (Fsp3) is 0.562. The molecule has 2 N–H and O–H groups in total. The molecule has 0 unspecified atom stereocenters. The number of benzene rings is 1. The van der Waals surface area contributed by atoms with Crippen LogP contribution in [0.25, 0.3) is 0 Å². The van der Waals surface area contributed by atoms with E-state index in [0.29, 0.717) is 0 Å². The summed E-state index contributed by atoms with van der Waals surface area (Å²) in [5, 5.41) is 6.73. The number of rotatable bonds is 6. The topological polar surface area (TPSA) is 39.7 Å². The highest BCUT2D eigenvalue weighted by Gasteiger charge is 2.20. The number of hydrogen-bond donors (Lipinski definition) is 2. The molecule has 0 atom stereocenters. The minimum absolute atomic E-state index is 0.812. The number of nitrogens with one attached hydrogen (secondary N) is 2. The largest absolute Gasteiger partial charge is 0.356 e. The van der Waals surface area contributed by atoms with E-state index in [0.717, 1.165) is 31.5 Å². The third kappa shape index (κ3) is 5.21. The van der Waals surface area contributed by atoms with Crippen LogP contribution in [0.5, 0.6) is 0 Å². The predicted molar refractivity (Wildman–Crippen MR) is 84.8 cm³/mol. The maximum atomic E-state index is 4.25. The molecule has 4 nitrogen and oxygen atoms in total. The molecule has 1 saturated carbocycles. The second-order valence-corrected chi connectivity index (χ2v) is 5.80. The van der Waals surface area contributed by atoms with Crippen molar-refractivity contribution in [2.45, 2.75) is 25.9 Å². The summed E-state index contributed by atoms with van der Waals surface area (Å²) in [6, 6.07) is 8.74. The fourth-order valence-electron chi connectivity index (χ4n) is 2.10. The van der Waals surface area contributed by atoms with Crippen LogP contribution in [0.3, 0.4) is 0 Å². The number of nitrogens with zero attached hydrogens (tertiary/aromatic N) is 2.